The highest BCUT2D eigenvalue weighted by Crippen LogP contribution is 2.37. The van der Waals surface area contributed by atoms with Crippen molar-refractivity contribution >= 4 is 17.2 Å². The van der Waals surface area contributed by atoms with E-state index in [-0.39, 0.29) is 11.3 Å². The molecule has 0 aromatic carbocycles. The van der Waals surface area contributed by atoms with Crippen molar-refractivity contribution in [3.05, 3.63) is 46.2 Å². The summed E-state index contributed by atoms with van der Waals surface area (Å²) in [5.41, 5.74) is 7.24. The van der Waals surface area contributed by atoms with Crippen LogP contribution in [0.25, 0.3) is 21.7 Å². The van der Waals surface area contributed by atoms with Crippen molar-refractivity contribution in [2.45, 2.75) is 0 Å². The first kappa shape index (κ1) is 10.8. The summed E-state index contributed by atoms with van der Waals surface area (Å²) in [6.07, 6.45) is 3.16. The number of aromatic nitrogens is 2. The van der Waals surface area contributed by atoms with Crippen LogP contribution in [0, 0.1) is 0 Å². The smallest absolute Gasteiger partial charge is 0.231 e. The molecule has 3 N–H and O–H groups in total. The molecule has 0 radical (unpaired) electrons. The Morgan fingerprint density at radius 1 is 1.39 bits per heavy atom. The van der Waals surface area contributed by atoms with Crippen LogP contribution in [-0.2, 0) is 0 Å². The van der Waals surface area contributed by atoms with Gasteiger partial charge in [0.25, 0.3) is 0 Å². The molecule has 0 saturated heterocycles. The Balaban J connectivity index is 2.27. The van der Waals surface area contributed by atoms with Crippen LogP contribution in [-0.4, -0.2) is 10.1 Å². The number of nitrogens with two attached hydrogens (primary N) is 1. The zero-order valence-electron chi connectivity index (χ0n) is 9.21. The summed E-state index contributed by atoms with van der Waals surface area (Å²) < 4.78 is 5.01. The van der Waals surface area contributed by atoms with Crippen molar-refractivity contribution in [1.82, 2.24) is 10.1 Å². The monoisotopic (exact) mass is 259 g/mol. The minimum atomic E-state index is -0.125. The van der Waals surface area contributed by atoms with Crippen LogP contribution in [0.1, 0.15) is 0 Å². The summed E-state index contributed by atoms with van der Waals surface area (Å²) in [6.45, 7) is 0. The second-order valence-electron chi connectivity index (χ2n) is 3.67. The van der Waals surface area contributed by atoms with Crippen LogP contribution < -0.4 is 11.2 Å². The average molecular weight is 259 g/mol. The molecule has 0 bridgehead atoms. The van der Waals surface area contributed by atoms with Gasteiger partial charge in [-0.05, 0) is 11.4 Å². The summed E-state index contributed by atoms with van der Waals surface area (Å²) in [4.78, 5) is 15.6. The Labute approximate surface area is 106 Å². The Kier molecular flexibility index (Phi) is 2.49. The van der Waals surface area contributed by atoms with Gasteiger partial charge in [0, 0.05) is 23.3 Å². The van der Waals surface area contributed by atoms with E-state index >= 15 is 0 Å². The van der Waals surface area contributed by atoms with Crippen LogP contribution in [0.3, 0.4) is 0 Å². The number of aromatic amines is 1. The second-order valence-corrected chi connectivity index (χ2v) is 4.62. The maximum absolute atomic E-state index is 11.8. The highest BCUT2D eigenvalue weighted by molar-refractivity contribution is 7.13. The van der Waals surface area contributed by atoms with E-state index in [1.54, 1.807) is 12.4 Å². The van der Waals surface area contributed by atoms with Gasteiger partial charge >= 0.3 is 0 Å². The first-order valence-corrected chi connectivity index (χ1v) is 6.12. The number of anilines is 1. The fraction of sp³-hybridized carbons (Fsp3) is 0. The fourth-order valence-electron chi connectivity index (χ4n) is 1.75. The molecule has 90 valence electrons. The molecule has 5 nitrogen and oxygen atoms in total. The lowest BCUT2D eigenvalue weighted by atomic mass is 10.1. The van der Waals surface area contributed by atoms with Gasteiger partial charge in [-0.3, -0.25) is 4.79 Å². The number of hydrogen-bond acceptors (Lipinski definition) is 5. The molecular formula is C12H9N3O2S. The van der Waals surface area contributed by atoms with E-state index in [0.29, 0.717) is 16.8 Å². The lowest BCUT2D eigenvalue weighted by molar-refractivity contribution is 0.439. The van der Waals surface area contributed by atoms with E-state index in [1.165, 1.54) is 17.4 Å². The van der Waals surface area contributed by atoms with Gasteiger partial charge in [-0.1, -0.05) is 11.2 Å². The molecule has 3 rings (SSSR count). The van der Waals surface area contributed by atoms with Gasteiger partial charge in [0.2, 0.25) is 5.88 Å². The molecule has 0 aliphatic rings. The van der Waals surface area contributed by atoms with E-state index in [2.05, 4.69) is 10.1 Å². The van der Waals surface area contributed by atoms with E-state index in [0.717, 1.165) is 4.88 Å². The normalized spacial score (nSPS) is 10.7. The summed E-state index contributed by atoms with van der Waals surface area (Å²) in [6, 6.07) is 5.26. The Morgan fingerprint density at radius 2 is 2.28 bits per heavy atom. The van der Waals surface area contributed by atoms with Gasteiger partial charge in [-0.2, -0.15) is 0 Å². The zero-order valence-corrected chi connectivity index (χ0v) is 10.0. The molecule has 18 heavy (non-hydrogen) atoms. The zero-order chi connectivity index (χ0) is 12.5. The molecule has 3 aromatic rings. The summed E-state index contributed by atoms with van der Waals surface area (Å²) in [5.74, 6) is 0.218. The molecule has 0 fully saturated rings. The average Bonchev–Trinajstić information content (AvgIpc) is 2.98. The molecule has 0 aliphatic carbocycles. The van der Waals surface area contributed by atoms with Crippen LogP contribution in [0.4, 0.5) is 5.88 Å². The van der Waals surface area contributed by atoms with Crippen LogP contribution in [0.15, 0.2) is 45.3 Å². The number of rotatable bonds is 2. The first-order chi connectivity index (χ1) is 8.77. The Morgan fingerprint density at radius 3 is 3.00 bits per heavy atom. The molecule has 0 unspecified atom stereocenters. The third-order valence-electron chi connectivity index (χ3n) is 2.57. The topological polar surface area (TPSA) is 84.9 Å². The summed E-state index contributed by atoms with van der Waals surface area (Å²) >= 11 is 1.52. The number of thiophene rings is 1. The highest BCUT2D eigenvalue weighted by atomic mass is 32.1. The van der Waals surface area contributed by atoms with Crippen molar-refractivity contribution in [1.29, 1.82) is 0 Å². The third-order valence-corrected chi connectivity index (χ3v) is 3.45. The van der Waals surface area contributed by atoms with E-state index in [1.807, 2.05) is 17.5 Å². The number of nitrogens with zero attached hydrogens (tertiary/aromatic N) is 1. The molecular weight excluding hydrogens is 250 g/mol. The van der Waals surface area contributed by atoms with Gasteiger partial charge in [-0.25, -0.2) is 0 Å². The summed E-state index contributed by atoms with van der Waals surface area (Å²) in [5, 5.41) is 5.82. The van der Waals surface area contributed by atoms with E-state index < -0.39 is 0 Å². The van der Waals surface area contributed by atoms with Crippen LogP contribution >= 0.6 is 11.3 Å². The van der Waals surface area contributed by atoms with Crippen LogP contribution in [0.2, 0.25) is 0 Å². The minimum absolute atomic E-state index is 0.125. The molecule has 3 aromatic heterocycles. The van der Waals surface area contributed by atoms with Gasteiger partial charge in [-0.15, -0.1) is 11.3 Å². The van der Waals surface area contributed by atoms with Crippen molar-refractivity contribution in [3.63, 3.8) is 0 Å². The minimum Gasteiger partial charge on any atom is -0.367 e. The van der Waals surface area contributed by atoms with Crippen LogP contribution in [0.5, 0.6) is 0 Å². The van der Waals surface area contributed by atoms with Crippen molar-refractivity contribution < 1.29 is 4.52 Å². The molecule has 0 atom stereocenters. The number of nitrogens with one attached hydrogen (secondary N) is 1. The molecule has 0 spiro atoms. The lowest BCUT2D eigenvalue weighted by Crippen LogP contribution is -2.03. The SMILES string of the molecule is Nc1onc(-c2c[nH]ccc2=O)c1-c1cccs1. The number of H-pyrrole nitrogens is 1. The second kappa shape index (κ2) is 4.15. The quantitative estimate of drug-likeness (QED) is 0.739. The Bertz CT molecular complexity index is 728. The number of pyridine rings is 1. The Hall–Kier alpha value is -2.34. The van der Waals surface area contributed by atoms with Crippen molar-refractivity contribution in [3.8, 4) is 21.7 Å². The van der Waals surface area contributed by atoms with Crippen molar-refractivity contribution in [2.75, 3.05) is 5.73 Å². The predicted molar refractivity (Wildman–Crippen MR) is 70.3 cm³/mol. The number of hydrogen-bond donors (Lipinski definition) is 2. The van der Waals surface area contributed by atoms with Gasteiger partial charge in [0.1, 0.15) is 5.69 Å². The molecule has 0 saturated carbocycles. The predicted octanol–water partition coefficient (Wildman–Crippen LogP) is 2.34. The maximum Gasteiger partial charge on any atom is 0.231 e. The van der Waals surface area contributed by atoms with E-state index in [9.17, 15) is 4.79 Å². The maximum atomic E-state index is 11.8. The largest absolute Gasteiger partial charge is 0.367 e. The number of nitrogen functional groups attached to an aromatic ring is 1. The molecule has 6 heteroatoms. The summed E-state index contributed by atoms with van der Waals surface area (Å²) in [7, 11) is 0. The molecule has 3 heterocycles. The lowest BCUT2D eigenvalue weighted by Gasteiger charge is -1.98. The molecule has 0 aliphatic heterocycles. The highest BCUT2D eigenvalue weighted by Gasteiger charge is 2.19. The standard InChI is InChI=1S/C12H9N3O2S/c13-12-10(9-2-1-5-18-9)11(15-17-12)7-6-14-4-3-8(7)16/h1-6H,13H2,(H,14,16). The van der Waals surface area contributed by atoms with Crippen molar-refractivity contribution in [2.24, 2.45) is 0 Å². The van der Waals surface area contributed by atoms with Gasteiger partial charge in [0.15, 0.2) is 5.43 Å². The van der Waals surface area contributed by atoms with Gasteiger partial charge in [0.05, 0.1) is 11.1 Å². The third kappa shape index (κ3) is 1.63. The first-order valence-electron chi connectivity index (χ1n) is 5.24. The van der Waals surface area contributed by atoms with E-state index in [4.69, 9.17) is 10.3 Å². The fourth-order valence-corrected chi connectivity index (χ4v) is 2.52. The molecule has 0 amide bonds. The van der Waals surface area contributed by atoms with Gasteiger partial charge < -0.3 is 15.2 Å².